The van der Waals surface area contributed by atoms with E-state index in [1.807, 2.05) is 18.2 Å². The zero-order valence-corrected chi connectivity index (χ0v) is 12.0. The van der Waals surface area contributed by atoms with E-state index < -0.39 is 0 Å². The van der Waals surface area contributed by atoms with E-state index in [0.29, 0.717) is 12.1 Å². The molecule has 110 valence electrons. The number of nitrogen functional groups attached to an aromatic ring is 1. The van der Waals surface area contributed by atoms with Crippen LogP contribution in [0.15, 0.2) is 48.5 Å². The molecular weight excluding hydrogens is 265 g/mol. The van der Waals surface area contributed by atoms with Crippen LogP contribution in [0.3, 0.4) is 0 Å². The molecule has 0 radical (unpaired) electrons. The summed E-state index contributed by atoms with van der Waals surface area (Å²) in [7, 11) is 0. The van der Waals surface area contributed by atoms with Crippen molar-refractivity contribution in [3.8, 4) is 0 Å². The van der Waals surface area contributed by atoms with Crippen molar-refractivity contribution in [1.29, 1.82) is 0 Å². The van der Waals surface area contributed by atoms with Crippen LogP contribution in [-0.4, -0.2) is 31.1 Å². The first-order valence-corrected chi connectivity index (χ1v) is 7.29. The number of nitrogens with two attached hydrogens (primary N) is 1. The molecule has 2 aromatic rings. The molecule has 1 saturated heterocycles. The summed E-state index contributed by atoms with van der Waals surface area (Å²) in [6.07, 6.45) is 0. The summed E-state index contributed by atoms with van der Waals surface area (Å²) in [6, 6.07) is 15.6. The second-order valence-corrected chi connectivity index (χ2v) is 5.42. The molecule has 0 amide bonds. The minimum Gasteiger partial charge on any atom is -0.396 e. The van der Waals surface area contributed by atoms with Crippen molar-refractivity contribution in [3.05, 3.63) is 59.9 Å². The molecule has 0 spiro atoms. The van der Waals surface area contributed by atoms with Gasteiger partial charge in [-0.3, -0.25) is 4.90 Å². The van der Waals surface area contributed by atoms with E-state index in [0.717, 1.165) is 26.2 Å². The third-order valence-electron chi connectivity index (χ3n) is 4.00. The summed E-state index contributed by atoms with van der Waals surface area (Å²) in [5.74, 6) is -0.275. The minimum absolute atomic E-state index is 0.232. The van der Waals surface area contributed by atoms with Crippen LogP contribution in [0, 0.1) is 5.82 Å². The standard InChI is InChI=1S/C17H20FN3/c18-17-14(5-4-8-16(17)19)13-20-9-11-21(12-10-20)15-6-2-1-3-7-15/h1-8H,9-13,19H2. The highest BCUT2D eigenvalue weighted by atomic mass is 19.1. The van der Waals surface area contributed by atoms with Crippen LogP contribution in [0.1, 0.15) is 5.56 Å². The van der Waals surface area contributed by atoms with Crippen molar-refractivity contribution in [3.63, 3.8) is 0 Å². The molecule has 21 heavy (non-hydrogen) atoms. The van der Waals surface area contributed by atoms with E-state index in [4.69, 9.17) is 5.73 Å². The number of hydrogen-bond acceptors (Lipinski definition) is 3. The molecule has 0 atom stereocenters. The predicted octanol–water partition coefficient (Wildman–Crippen LogP) is 2.73. The number of hydrogen-bond donors (Lipinski definition) is 1. The Morgan fingerprint density at radius 3 is 2.33 bits per heavy atom. The highest BCUT2D eigenvalue weighted by molar-refractivity contribution is 5.46. The molecule has 2 aromatic carbocycles. The van der Waals surface area contributed by atoms with Crippen molar-refractivity contribution < 1.29 is 4.39 Å². The van der Waals surface area contributed by atoms with E-state index in [2.05, 4.69) is 34.1 Å². The zero-order chi connectivity index (χ0) is 14.7. The van der Waals surface area contributed by atoms with E-state index in [-0.39, 0.29) is 11.5 Å². The van der Waals surface area contributed by atoms with E-state index in [1.54, 1.807) is 6.07 Å². The highest BCUT2D eigenvalue weighted by Gasteiger charge is 2.18. The van der Waals surface area contributed by atoms with Crippen molar-refractivity contribution in [2.24, 2.45) is 0 Å². The number of rotatable bonds is 3. The van der Waals surface area contributed by atoms with Crippen molar-refractivity contribution in [2.75, 3.05) is 36.8 Å². The lowest BCUT2D eigenvalue weighted by Crippen LogP contribution is -2.46. The monoisotopic (exact) mass is 285 g/mol. The van der Waals surface area contributed by atoms with E-state index >= 15 is 0 Å². The van der Waals surface area contributed by atoms with Crippen molar-refractivity contribution in [1.82, 2.24) is 4.90 Å². The fraction of sp³-hybridized carbons (Fsp3) is 0.294. The Morgan fingerprint density at radius 2 is 1.62 bits per heavy atom. The van der Waals surface area contributed by atoms with Crippen molar-refractivity contribution >= 4 is 11.4 Å². The lowest BCUT2D eigenvalue weighted by atomic mass is 10.1. The Balaban J connectivity index is 1.60. The second-order valence-electron chi connectivity index (χ2n) is 5.42. The molecule has 1 heterocycles. The van der Waals surface area contributed by atoms with Crippen LogP contribution < -0.4 is 10.6 Å². The van der Waals surface area contributed by atoms with Gasteiger partial charge in [-0.2, -0.15) is 0 Å². The van der Waals surface area contributed by atoms with Gasteiger partial charge in [-0.15, -0.1) is 0 Å². The predicted molar refractivity (Wildman–Crippen MR) is 84.7 cm³/mol. The molecule has 4 heteroatoms. The van der Waals surface area contributed by atoms with Crippen LogP contribution in [0.25, 0.3) is 0 Å². The molecule has 1 aliphatic heterocycles. The number of halogens is 1. The normalized spacial score (nSPS) is 16.1. The van der Waals surface area contributed by atoms with Crippen LogP contribution in [0.5, 0.6) is 0 Å². The molecule has 0 aromatic heterocycles. The zero-order valence-electron chi connectivity index (χ0n) is 12.0. The fourth-order valence-electron chi connectivity index (χ4n) is 2.77. The van der Waals surface area contributed by atoms with Gasteiger partial charge in [-0.25, -0.2) is 4.39 Å². The molecule has 0 unspecified atom stereocenters. The van der Waals surface area contributed by atoms with E-state index in [9.17, 15) is 4.39 Å². The second kappa shape index (κ2) is 6.14. The van der Waals surface area contributed by atoms with E-state index in [1.165, 1.54) is 5.69 Å². The Morgan fingerprint density at radius 1 is 0.905 bits per heavy atom. The third-order valence-corrected chi connectivity index (χ3v) is 4.00. The molecule has 2 N–H and O–H groups in total. The number of piperazine rings is 1. The SMILES string of the molecule is Nc1cccc(CN2CCN(c3ccccc3)CC2)c1F. The van der Waals surface area contributed by atoms with Gasteiger partial charge in [0.05, 0.1) is 5.69 Å². The quantitative estimate of drug-likeness (QED) is 0.880. The van der Waals surface area contributed by atoms with Crippen LogP contribution in [-0.2, 0) is 6.54 Å². The molecule has 1 fully saturated rings. The first kappa shape index (κ1) is 13.9. The number of para-hydroxylation sites is 1. The van der Waals surface area contributed by atoms with Gasteiger partial charge in [-0.1, -0.05) is 30.3 Å². The van der Waals surface area contributed by atoms with Gasteiger partial charge in [0, 0.05) is 44.0 Å². The maximum absolute atomic E-state index is 13.9. The minimum atomic E-state index is -0.275. The average molecular weight is 285 g/mol. The summed E-state index contributed by atoms with van der Waals surface area (Å²) in [5, 5.41) is 0. The van der Waals surface area contributed by atoms with Gasteiger partial charge < -0.3 is 10.6 Å². The molecule has 0 saturated carbocycles. The first-order valence-electron chi connectivity index (χ1n) is 7.29. The summed E-state index contributed by atoms with van der Waals surface area (Å²) in [5.41, 5.74) is 7.79. The first-order chi connectivity index (χ1) is 10.2. The topological polar surface area (TPSA) is 32.5 Å². The number of benzene rings is 2. The lowest BCUT2D eigenvalue weighted by Gasteiger charge is -2.36. The van der Waals surface area contributed by atoms with Gasteiger partial charge in [-0.05, 0) is 18.2 Å². The average Bonchev–Trinajstić information content (AvgIpc) is 2.53. The molecule has 0 bridgehead atoms. The largest absolute Gasteiger partial charge is 0.396 e. The Labute approximate surface area is 124 Å². The van der Waals surface area contributed by atoms with Gasteiger partial charge >= 0.3 is 0 Å². The summed E-state index contributed by atoms with van der Waals surface area (Å²) < 4.78 is 13.9. The summed E-state index contributed by atoms with van der Waals surface area (Å²) in [4.78, 5) is 4.64. The third kappa shape index (κ3) is 3.16. The maximum Gasteiger partial charge on any atom is 0.150 e. The van der Waals surface area contributed by atoms with Gasteiger partial charge in [0.1, 0.15) is 0 Å². The molecule has 1 aliphatic rings. The fourth-order valence-corrected chi connectivity index (χ4v) is 2.77. The molecular formula is C17H20FN3. The highest BCUT2D eigenvalue weighted by Crippen LogP contribution is 2.19. The number of nitrogens with zero attached hydrogens (tertiary/aromatic N) is 2. The van der Waals surface area contributed by atoms with Crippen molar-refractivity contribution in [2.45, 2.75) is 6.54 Å². The van der Waals surface area contributed by atoms with Gasteiger partial charge in [0.2, 0.25) is 0 Å². The summed E-state index contributed by atoms with van der Waals surface area (Å²) in [6.45, 7) is 4.42. The Hall–Kier alpha value is -2.07. The molecule has 0 aliphatic carbocycles. The molecule has 3 nitrogen and oxygen atoms in total. The number of anilines is 2. The van der Waals surface area contributed by atoms with Gasteiger partial charge in [0.25, 0.3) is 0 Å². The Kier molecular flexibility index (Phi) is 4.06. The molecule has 3 rings (SSSR count). The smallest absolute Gasteiger partial charge is 0.150 e. The van der Waals surface area contributed by atoms with Crippen LogP contribution in [0.4, 0.5) is 15.8 Å². The van der Waals surface area contributed by atoms with Crippen LogP contribution >= 0.6 is 0 Å². The van der Waals surface area contributed by atoms with Crippen LogP contribution in [0.2, 0.25) is 0 Å². The summed E-state index contributed by atoms with van der Waals surface area (Å²) >= 11 is 0. The Bertz CT molecular complexity index is 592. The maximum atomic E-state index is 13.9. The lowest BCUT2D eigenvalue weighted by molar-refractivity contribution is 0.247. The van der Waals surface area contributed by atoms with Gasteiger partial charge in [0.15, 0.2) is 5.82 Å².